The fourth-order valence-corrected chi connectivity index (χ4v) is 0.963. The third-order valence-corrected chi connectivity index (χ3v) is 1.48. The number of rotatable bonds is 2. The molecule has 0 saturated heterocycles. The number of benzene rings is 1. The summed E-state index contributed by atoms with van der Waals surface area (Å²) in [7, 11) is 1.67. The fourth-order valence-electron chi connectivity index (χ4n) is 0.963. The Hall–Kier alpha value is -1.33. The fraction of sp³-hybridized carbons (Fsp3) is 0.273. The molecule has 1 rings (SSSR count). The zero-order valence-corrected chi connectivity index (χ0v) is 7.72. The van der Waals surface area contributed by atoms with Crippen molar-refractivity contribution in [1.29, 1.82) is 0 Å². The van der Waals surface area contributed by atoms with Crippen molar-refractivity contribution < 1.29 is 4.74 Å². The van der Waals surface area contributed by atoms with Gasteiger partial charge in [-0.2, -0.15) is 0 Å². The number of hydrogen-bond donors (Lipinski definition) is 0. The molecule has 12 heavy (non-hydrogen) atoms. The van der Waals surface area contributed by atoms with Crippen LogP contribution in [0.1, 0.15) is 19.4 Å². The molecule has 0 atom stereocenters. The first kappa shape index (κ1) is 8.76. The van der Waals surface area contributed by atoms with Crippen molar-refractivity contribution in [1.82, 2.24) is 0 Å². The van der Waals surface area contributed by atoms with Crippen LogP contribution in [0, 0.1) is 6.08 Å². The summed E-state index contributed by atoms with van der Waals surface area (Å²) in [6, 6.07) is 7.86. The minimum Gasteiger partial charge on any atom is -0.494 e. The summed E-state index contributed by atoms with van der Waals surface area (Å²) in [5.74, 6) is 0.884. The van der Waals surface area contributed by atoms with Crippen molar-refractivity contribution in [3.05, 3.63) is 41.5 Å². The van der Waals surface area contributed by atoms with Gasteiger partial charge in [0.05, 0.1) is 19.2 Å². The normalized spacial score (nSPS) is 8.92. The van der Waals surface area contributed by atoms with Crippen molar-refractivity contribution in [2.45, 2.75) is 13.8 Å². The molecule has 0 aliphatic rings. The molecule has 0 aromatic heterocycles. The van der Waals surface area contributed by atoms with E-state index in [4.69, 9.17) is 4.74 Å². The molecule has 0 bridgehead atoms. The first-order valence-electron chi connectivity index (χ1n) is 3.93. The maximum atomic E-state index is 5.04. The van der Waals surface area contributed by atoms with Gasteiger partial charge >= 0.3 is 0 Å². The molecule has 1 nitrogen and oxygen atoms in total. The summed E-state index contributed by atoms with van der Waals surface area (Å²) >= 11 is 0. The van der Waals surface area contributed by atoms with Crippen molar-refractivity contribution in [2.75, 3.05) is 7.11 Å². The second-order valence-electron chi connectivity index (χ2n) is 2.85. The lowest BCUT2D eigenvalue weighted by atomic mass is 10.1. The lowest BCUT2D eigenvalue weighted by Gasteiger charge is -1.93. The van der Waals surface area contributed by atoms with Crippen LogP contribution < -0.4 is 4.74 Å². The van der Waals surface area contributed by atoms with E-state index in [-0.39, 0.29) is 0 Å². The van der Waals surface area contributed by atoms with Crippen LogP contribution in [0.2, 0.25) is 0 Å². The van der Waals surface area contributed by atoms with Gasteiger partial charge in [0.2, 0.25) is 0 Å². The standard InChI is InChI=1S/C11H13O/c1-9(2)8-10-4-6-11(12-3)7-5-10/h4-7H,1-3H3/q+1. The van der Waals surface area contributed by atoms with Crippen molar-refractivity contribution in [3.63, 3.8) is 0 Å². The van der Waals surface area contributed by atoms with E-state index in [2.05, 4.69) is 6.08 Å². The van der Waals surface area contributed by atoms with Gasteiger partial charge < -0.3 is 4.74 Å². The van der Waals surface area contributed by atoms with Crippen LogP contribution >= 0.6 is 0 Å². The monoisotopic (exact) mass is 161 g/mol. The Morgan fingerprint density at radius 2 is 1.75 bits per heavy atom. The molecule has 1 aromatic carbocycles. The van der Waals surface area contributed by atoms with Crippen LogP contribution in [0.4, 0.5) is 0 Å². The molecule has 0 N–H and O–H groups in total. The molecule has 0 spiro atoms. The Bertz CT molecular complexity index is 266. The molecular formula is C11H13O+. The van der Waals surface area contributed by atoms with Gasteiger partial charge in [-0.05, 0) is 13.8 Å². The summed E-state index contributed by atoms with van der Waals surface area (Å²) in [6.45, 7) is 4.06. The van der Waals surface area contributed by atoms with Gasteiger partial charge in [-0.1, -0.05) is 0 Å². The van der Waals surface area contributed by atoms with E-state index in [1.54, 1.807) is 7.11 Å². The van der Waals surface area contributed by atoms with Gasteiger partial charge in [0.25, 0.3) is 0 Å². The van der Waals surface area contributed by atoms with Crippen LogP contribution in [0.15, 0.2) is 29.8 Å². The predicted molar refractivity (Wildman–Crippen MR) is 50.2 cm³/mol. The summed E-state index contributed by atoms with van der Waals surface area (Å²) in [4.78, 5) is 0. The van der Waals surface area contributed by atoms with Crippen molar-refractivity contribution >= 4 is 0 Å². The third-order valence-electron chi connectivity index (χ3n) is 1.48. The van der Waals surface area contributed by atoms with Crippen molar-refractivity contribution in [2.24, 2.45) is 0 Å². The predicted octanol–water partition coefficient (Wildman–Crippen LogP) is 2.81. The zero-order valence-electron chi connectivity index (χ0n) is 7.72. The minimum absolute atomic E-state index is 0.884. The van der Waals surface area contributed by atoms with Crippen LogP contribution in [0.3, 0.4) is 0 Å². The quantitative estimate of drug-likeness (QED) is 0.606. The summed E-state index contributed by atoms with van der Waals surface area (Å²) in [5.41, 5.74) is 2.27. The highest BCUT2D eigenvalue weighted by Crippen LogP contribution is 2.11. The molecule has 0 heterocycles. The molecular weight excluding hydrogens is 148 g/mol. The highest BCUT2D eigenvalue weighted by molar-refractivity contribution is 5.31. The number of methoxy groups -OCH3 is 1. The van der Waals surface area contributed by atoms with Crippen molar-refractivity contribution in [3.8, 4) is 5.75 Å². The zero-order chi connectivity index (χ0) is 8.97. The smallest absolute Gasteiger partial charge is 0.188 e. The molecule has 0 radical (unpaired) electrons. The Morgan fingerprint density at radius 3 is 2.17 bits per heavy atom. The average Bonchev–Trinajstić information content (AvgIpc) is 2.05. The van der Waals surface area contributed by atoms with Crippen LogP contribution in [-0.4, -0.2) is 7.11 Å². The van der Waals surface area contributed by atoms with E-state index < -0.39 is 0 Å². The molecule has 0 amide bonds. The van der Waals surface area contributed by atoms with Gasteiger partial charge in [-0.3, -0.25) is 0 Å². The minimum atomic E-state index is 0.884. The van der Waals surface area contributed by atoms with E-state index in [0.29, 0.717) is 0 Å². The van der Waals surface area contributed by atoms with Gasteiger partial charge in [0, 0.05) is 23.8 Å². The highest BCUT2D eigenvalue weighted by atomic mass is 16.5. The van der Waals surface area contributed by atoms with Gasteiger partial charge in [-0.15, -0.1) is 0 Å². The molecule has 0 saturated carbocycles. The molecule has 1 heteroatoms. The number of ether oxygens (including phenoxy) is 1. The number of hydrogen-bond acceptors (Lipinski definition) is 1. The summed E-state index contributed by atoms with van der Waals surface area (Å²) in [5, 5.41) is 0. The Balaban J connectivity index is 2.85. The average molecular weight is 161 g/mol. The second kappa shape index (κ2) is 3.89. The van der Waals surface area contributed by atoms with Gasteiger partial charge in [0.15, 0.2) is 5.56 Å². The maximum absolute atomic E-state index is 5.04. The van der Waals surface area contributed by atoms with Gasteiger partial charge in [0.1, 0.15) is 5.75 Å². The number of allylic oxidation sites excluding steroid dienone is 1. The molecule has 0 unspecified atom stereocenters. The van der Waals surface area contributed by atoms with E-state index in [1.807, 2.05) is 38.1 Å². The lowest BCUT2D eigenvalue weighted by Crippen LogP contribution is -1.82. The molecule has 0 aliphatic carbocycles. The van der Waals surface area contributed by atoms with Crippen LogP contribution in [0.5, 0.6) is 5.75 Å². The van der Waals surface area contributed by atoms with E-state index in [1.165, 1.54) is 5.57 Å². The Labute approximate surface area is 73.7 Å². The summed E-state index contributed by atoms with van der Waals surface area (Å²) < 4.78 is 5.04. The second-order valence-corrected chi connectivity index (χ2v) is 2.85. The topological polar surface area (TPSA) is 9.23 Å². The van der Waals surface area contributed by atoms with E-state index >= 15 is 0 Å². The third kappa shape index (κ3) is 2.37. The highest BCUT2D eigenvalue weighted by Gasteiger charge is 1.99. The van der Waals surface area contributed by atoms with Crippen LogP contribution in [-0.2, 0) is 0 Å². The first-order valence-corrected chi connectivity index (χ1v) is 3.93. The Morgan fingerprint density at radius 1 is 1.17 bits per heavy atom. The Kier molecular flexibility index (Phi) is 2.84. The molecule has 62 valence electrons. The SMILES string of the molecule is COc1ccc([C+]=C(C)C)cc1. The lowest BCUT2D eigenvalue weighted by molar-refractivity contribution is 0.414. The maximum Gasteiger partial charge on any atom is 0.188 e. The van der Waals surface area contributed by atoms with Gasteiger partial charge in [-0.25, -0.2) is 0 Å². The molecule has 0 fully saturated rings. The molecule has 0 aliphatic heterocycles. The van der Waals surface area contributed by atoms with E-state index in [9.17, 15) is 0 Å². The summed E-state index contributed by atoms with van der Waals surface area (Å²) in [6.07, 6.45) is 3.22. The molecule has 1 aromatic rings. The first-order chi connectivity index (χ1) is 5.72. The largest absolute Gasteiger partial charge is 0.494 e. The van der Waals surface area contributed by atoms with Crippen LogP contribution in [0.25, 0.3) is 0 Å². The van der Waals surface area contributed by atoms with E-state index in [0.717, 1.165) is 11.3 Å².